The van der Waals surface area contributed by atoms with E-state index in [9.17, 15) is 0 Å². The van der Waals surface area contributed by atoms with Gasteiger partial charge < -0.3 is 11.1 Å². The van der Waals surface area contributed by atoms with Crippen molar-refractivity contribution in [3.63, 3.8) is 0 Å². The fourth-order valence-corrected chi connectivity index (χ4v) is 1.81. The molecule has 0 unspecified atom stereocenters. The summed E-state index contributed by atoms with van der Waals surface area (Å²) in [5, 5.41) is 11.5. The normalized spacial score (nSPS) is 23.5. The van der Waals surface area contributed by atoms with Crippen LogP contribution >= 0.6 is 0 Å². The minimum Gasteiger partial charge on any atom is -0.354 e. The van der Waals surface area contributed by atoms with E-state index in [1.54, 1.807) is 0 Å². The van der Waals surface area contributed by atoms with Gasteiger partial charge in [0.15, 0.2) is 5.82 Å². The molecule has 0 amide bonds. The molecule has 5 nitrogen and oxygen atoms in total. The number of anilines is 1. The maximum atomic E-state index is 6.09. The number of hydrogen-bond donors (Lipinski definition) is 2. The third-order valence-corrected chi connectivity index (χ3v) is 2.83. The van der Waals surface area contributed by atoms with E-state index in [0.717, 1.165) is 44.1 Å². The number of nitrogens with two attached hydrogens (primary N) is 1. The van der Waals surface area contributed by atoms with Crippen molar-refractivity contribution < 1.29 is 0 Å². The molecule has 3 N–H and O–H groups in total. The molecule has 1 aliphatic heterocycles. The van der Waals surface area contributed by atoms with Crippen LogP contribution in [0.4, 0.5) is 5.95 Å². The average molecular weight is 179 g/mol. The maximum absolute atomic E-state index is 6.09. The van der Waals surface area contributed by atoms with Crippen LogP contribution in [-0.4, -0.2) is 21.3 Å². The lowest BCUT2D eigenvalue weighted by molar-refractivity contribution is 0.550. The van der Waals surface area contributed by atoms with Crippen LogP contribution in [0.2, 0.25) is 0 Å². The Balaban J connectivity index is 2.06. The summed E-state index contributed by atoms with van der Waals surface area (Å²) in [6, 6.07) is 0. The first kappa shape index (κ1) is 7.32. The molecule has 1 aliphatic carbocycles. The first-order valence-electron chi connectivity index (χ1n) is 4.76. The summed E-state index contributed by atoms with van der Waals surface area (Å²) in [6.45, 7) is 2.00. The van der Waals surface area contributed by atoms with Crippen LogP contribution in [0.25, 0.3) is 0 Å². The van der Waals surface area contributed by atoms with Crippen LogP contribution in [0.15, 0.2) is 0 Å². The number of hydrogen-bond acceptors (Lipinski definition) is 4. The molecule has 0 atom stereocenters. The molecule has 0 aromatic carbocycles. The van der Waals surface area contributed by atoms with Gasteiger partial charge in [-0.3, -0.25) is 4.57 Å². The van der Waals surface area contributed by atoms with E-state index in [4.69, 9.17) is 5.73 Å². The Bertz CT molecular complexity index is 338. The molecule has 13 heavy (non-hydrogen) atoms. The minimum absolute atomic E-state index is 0.162. The van der Waals surface area contributed by atoms with Crippen molar-refractivity contribution in [3.05, 3.63) is 5.82 Å². The Labute approximate surface area is 76.3 Å². The van der Waals surface area contributed by atoms with Crippen LogP contribution in [0.3, 0.4) is 0 Å². The number of rotatable bonds is 1. The van der Waals surface area contributed by atoms with Crippen LogP contribution in [-0.2, 0) is 12.1 Å². The molecule has 1 aromatic rings. The van der Waals surface area contributed by atoms with E-state index in [1.165, 1.54) is 0 Å². The Morgan fingerprint density at radius 3 is 3.00 bits per heavy atom. The SMILES string of the molecule is NC1(c2nnc3n2CCCN3)CC1. The Kier molecular flexibility index (Phi) is 1.25. The van der Waals surface area contributed by atoms with Crippen LogP contribution in [0.1, 0.15) is 25.1 Å². The molecule has 1 aromatic heterocycles. The van der Waals surface area contributed by atoms with Crippen molar-refractivity contribution in [2.75, 3.05) is 11.9 Å². The van der Waals surface area contributed by atoms with Crippen molar-refractivity contribution in [3.8, 4) is 0 Å². The zero-order valence-corrected chi connectivity index (χ0v) is 7.45. The molecule has 0 radical (unpaired) electrons. The molecule has 5 heteroatoms. The third kappa shape index (κ3) is 0.966. The van der Waals surface area contributed by atoms with Crippen molar-refractivity contribution in [1.29, 1.82) is 0 Å². The molecular weight excluding hydrogens is 166 g/mol. The van der Waals surface area contributed by atoms with Crippen molar-refractivity contribution in [2.45, 2.75) is 31.3 Å². The summed E-state index contributed by atoms with van der Waals surface area (Å²) in [5.41, 5.74) is 5.92. The highest BCUT2D eigenvalue weighted by Gasteiger charge is 2.45. The zero-order valence-electron chi connectivity index (χ0n) is 7.45. The van der Waals surface area contributed by atoms with Gasteiger partial charge in [0.1, 0.15) is 0 Å². The van der Waals surface area contributed by atoms with E-state index in [1.807, 2.05) is 0 Å². The quantitative estimate of drug-likeness (QED) is 0.638. The lowest BCUT2D eigenvalue weighted by Gasteiger charge is -2.18. The predicted molar refractivity (Wildman–Crippen MR) is 48.2 cm³/mol. The van der Waals surface area contributed by atoms with Crippen LogP contribution in [0.5, 0.6) is 0 Å². The summed E-state index contributed by atoms with van der Waals surface area (Å²) < 4.78 is 2.12. The molecule has 2 aliphatic rings. The standard InChI is InChI=1S/C8H13N5/c9-8(2-3-8)6-11-12-7-10-4-1-5-13(6)7/h1-5,9H2,(H,10,12). The molecule has 70 valence electrons. The second-order valence-electron chi connectivity index (χ2n) is 3.94. The van der Waals surface area contributed by atoms with Gasteiger partial charge in [0.25, 0.3) is 0 Å². The minimum atomic E-state index is -0.162. The number of fused-ring (bicyclic) bond motifs is 1. The molecule has 0 spiro atoms. The highest BCUT2D eigenvalue weighted by molar-refractivity contribution is 5.31. The van der Waals surface area contributed by atoms with Gasteiger partial charge in [-0.15, -0.1) is 10.2 Å². The maximum Gasteiger partial charge on any atom is 0.224 e. The third-order valence-electron chi connectivity index (χ3n) is 2.83. The van der Waals surface area contributed by atoms with E-state index in [-0.39, 0.29) is 5.54 Å². The number of aromatic nitrogens is 3. The fourth-order valence-electron chi connectivity index (χ4n) is 1.81. The zero-order chi connectivity index (χ0) is 8.89. The molecule has 3 rings (SSSR count). The second kappa shape index (κ2) is 2.23. The summed E-state index contributed by atoms with van der Waals surface area (Å²) in [5.74, 6) is 1.85. The van der Waals surface area contributed by atoms with E-state index >= 15 is 0 Å². The van der Waals surface area contributed by atoms with Crippen molar-refractivity contribution >= 4 is 5.95 Å². The van der Waals surface area contributed by atoms with Gasteiger partial charge >= 0.3 is 0 Å². The van der Waals surface area contributed by atoms with Gasteiger partial charge in [0.05, 0.1) is 5.54 Å². The molecular formula is C8H13N5. The Morgan fingerprint density at radius 1 is 1.38 bits per heavy atom. The van der Waals surface area contributed by atoms with E-state index in [2.05, 4.69) is 20.1 Å². The monoisotopic (exact) mass is 179 g/mol. The first-order valence-corrected chi connectivity index (χ1v) is 4.76. The van der Waals surface area contributed by atoms with Crippen LogP contribution < -0.4 is 11.1 Å². The molecule has 0 saturated heterocycles. The smallest absolute Gasteiger partial charge is 0.224 e. The van der Waals surface area contributed by atoms with Gasteiger partial charge in [-0.05, 0) is 19.3 Å². The summed E-state index contributed by atoms with van der Waals surface area (Å²) in [6.07, 6.45) is 3.23. The van der Waals surface area contributed by atoms with Gasteiger partial charge in [-0.2, -0.15) is 0 Å². The Hall–Kier alpha value is -1.10. The lowest BCUT2D eigenvalue weighted by Crippen LogP contribution is -2.27. The first-order chi connectivity index (χ1) is 6.30. The molecule has 0 bridgehead atoms. The topological polar surface area (TPSA) is 68.8 Å². The molecule has 1 saturated carbocycles. The summed E-state index contributed by atoms with van der Waals surface area (Å²) in [4.78, 5) is 0. The van der Waals surface area contributed by atoms with E-state index in [0.29, 0.717) is 0 Å². The van der Waals surface area contributed by atoms with Crippen LogP contribution in [0, 0.1) is 0 Å². The predicted octanol–water partition coefficient (Wildman–Crippen LogP) is 0.0415. The summed E-state index contributed by atoms with van der Waals surface area (Å²) in [7, 11) is 0. The van der Waals surface area contributed by atoms with Gasteiger partial charge in [-0.1, -0.05) is 0 Å². The van der Waals surface area contributed by atoms with Gasteiger partial charge in [0, 0.05) is 13.1 Å². The van der Waals surface area contributed by atoms with Crippen molar-refractivity contribution in [2.24, 2.45) is 5.73 Å². The van der Waals surface area contributed by atoms with E-state index < -0.39 is 0 Å². The molecule has 2 heterocycles. The largest absolute Gasteiger partial charge is 0.354 e. The fraction of sp³-hybridized carbons (Fsp3) is 0.750. The second-order valence-corrected chi connectivity index (χ2v) is 3.94. The average Bonchev–Trinajstić information content (AvgIpc) is 2.76. The molecule has 1 fully saturated rings. The van der Waals surface area contributed by atoms with Gasteiger partial charge in [-0.25, -0.2) is 0 Å². The highest BCUT2D eigenvalue weighted by Crippen LogP contribution is 2.42. The van der Waals surface area contributed by atoms with Gasteiger partial charge in [0.2, 0.25) is 5.95 Å². The Morgan fingerprint density at radius 2 is 2.23 bits per heavy atom. The number of nitrogens with zero attached hydrogens (tertiary/aromatic N) is 3. The van der Waals surface area contributed by atoms with Crippen molar-refractivity contribution in [1.82, 2.24) is 14.8 Å². The number of nitrogens with one attached hydrogen (secondary N) is 1. The highest BCUT2D eigenvalue weighted by atomic mass is 15.4. The summed E-state index contributed by atoms with van der Waals surface area (Å²) >= 11 is 0. The lowest BCUT2D eigenvalue weighted by atomic mass is 10.2.